The number of carbonyl (C=O) groups excluding carboxylic acids is 2. The van der Waals surface area contributed by atoms with Gasteiger partial charge in [-0.05, 0) is 17.7 Å². The number of piperazine rings is 2. The monoisotopic (exact) mass is 444 g/mol. The molecule has 0 bridgehead atoms. The quantitative estimate of drug-likeness (QED) is 0.645. The summed E-state index contributed by atoms with van der Waals surface area (Å²) in [5.74, 6) is 0.882. The van der Waals surface area contributed by atoms with Crippen molar-refractivity contribution in [3.05, 3.63) is 66.5 Å². The molecule has 0 unspecified atom stereocenters. The van der Waals surface area contributed by atoms with E-state index in [9.17, 15) is 9.59 Å². The molecule has 3 heterocycles. The molecule has 170 valence electrons. The third-order valence-corrected chi connectivity index (χ3v) is 6.49. The van der Waals surface area contributed by atoms with Crippen LogP contribution in [0.3, 0.4) is 0 Å². The van der Waals surface area contributed by atoms with Crippen LogP contribution in [0.5, 0.6) is 0 Å². The van der Waals surface area contributed by atoms with E-state index in [0.29, 0.717) is 39.3 Å². The van der Waals surface area contributed by atoms with Gasteiger partial charge in [0.25, 0.3) is 0 Å². The van der Waals surface area contributed by atoms with Crippen LogP contribution in [-0.4, -0.2) is 76.9 Å². The topological polar surface area (TPSA) is 81.7 Å². The average molecular weight is 445 g/mol. The minimum atomic E-state index is -0.435. The summed E-state index contributed by atoms with van der Waals surface area (Å²) in [4.78, 5) is 40.8. The Kier molecular flexibility index (Phi) is 6.17. The molecule has 0 spiro atoms. The zero-order valence-corrected chi connectivity index (χ0v) is 18.6. The fraction of sp³-hybridized carbons (Fsp3) is 0.360. The van der Waals surface area contributed by atoms with Gasteiger partial charge in [0.1, 0.15) is 12.1 Å². The molecule has 8 nitrogen and oxygen atoms in total. The van der Waals surface area contributed by atoms with Gasteiger partial charge in [0.05, 0.1) is 18.0 Å². The van der Waals surface area contributed by atoms with Gasteiger partial charge in [-0.15, -0.1) is 0 Å². The van der Waals surface area contributed by atoms with Gasteiger partial charge in [-0.25, -0.2) is 9.97 Å². The molecule has 1 atom stereocenters. The first-order valence-corrected chi connectivity index (χ1v) is 11.5. The van der Waals surface area contributed by atoms with Crippen LogP contribution in [0.4, 0.5) is 5.82 Å². The zero-order valence-electron chi connectivity index (χ0n) is 18.6. The lowest BCUT2D eigenvalue weighted by Gasteiger charge is -2.38. The molecule has 2 aliphatic heterocycles. The number of rotatable bonds is 5. The van der Waals surface area contributed by atoms with Crippen molar-refractivity contribution in [2.75, 3.05) is 44.2 Å². The van der Waals surface area contributed by atoms with E-state index < -0.39 is 6.04 Å². The van der Waals surface area contributed by atoms with E-state index in [2.05, 4.69) is 37.2 Å². The van der Waals surface area contributed by atoms with E-state index in [-0.39, 0.29) is 18.2 Å². The lowest BCUT2D eigenvalue weighted by atomic mass is 10.1. The number of nitrogens with zero attached hydrogens (tertiary/aromatic N) is 5. The standard InChI is InChI=1S/C25H28N6O2/c32-23(16-22-25(33)26-10-11-31(22)17-19-6-2-1-3-7-19)29-12-14-30(15-13-29)24-20-8-4-5-9-21(20)27-18-28-24/h1-9,18,22H,10-17H2,(H,26,33)/t22-/m0/s1. The fourth-order valence-corrected chi connectivity index (χ4v) is 4.70. The molecule has 2 aliphatic rings. The van der Waals surface area contributed by atoms with E-state index in [0.717, 1.165) is 28.8 Å². The molecule has 1 aromatic heterocycles. The first-order chi connectivity index (χ1) is 16.2. The van der Waals surface area contributed by atoms with Crippen LogP contribution < -0.4 is 10.2 Å². The largest absolute Gasteiger partial charge is 0.353 e. The number of carbonyl (C=O) groups is 2. The van der Waals surface area contributed by atoms with Crippen LogP contribution >= 0.6 is 0 Å². The number of amides is 2. The summed E-state index contributed by atoms with van der Waals surface area (Å²) < 4.78 is 0. The number of para-hydroxylation sites is 1. The van der Waals surface area contributed by atoms with Gasteiger partial charge < -0.3 is 15.1 Å². The predicted molar refractivity (Wildman–Crippen MR) is 127 cm³/mol. The third kappa shape index (κ3) is 4.66. The van der Waals surface area contributed by atoms with Crippen LogP contribution in [0.25, 0.3) is 10.9 Å². The Morgan fingerprint density at radius 2 is 1.70 bits per heavy atom. The number of aromatic nitrogens is 2. The number of nitrogens with one attached hydrogen (secondary N) is 1. The molecule has 3 aromatic rings. The lowest BCUT2D eigenvalue weighted by molar-refractivity contribution is -0.139. The first-order valence-electron chi connectivity index (χ1n) is 11.5. The van der Waals surface area contributed by atoms with Crippen molar-refractivity contribution in [1.82, 2.24) is 25.1 Å². The maximum absolute atomic E-state index is 13.1. The highest BCUT2D eigenvalue weighted by Crippen LogP contribution is 2.24. The van der Waals surface area contributed by atoms with Crippen LogP contribution in [0, 0.1) is 0 Å². The number of fused-ring (bicyclic) bond motifs is 1. The van der Waals surface area contributed by atoms with E-state index >= 15 is 0 Å². The highest BCUT2D eigenvalue weighted by molar-refractivity contribution is 5.90. The Morgan fingerprint density at radius 3 is 2.52 bits per heavy atom. The summed E-state index contributed by atoms with van der Waals surface area (Å²) in [6.45, 7) is 4.67. The number of hydrogen-bond acceptors (Lipinski definition) is 6. The van der Waals surface area contributed by atoms with Gasteiger partial charge in [0.15, 0.2) is 0 Å². The fourth-order valence-electron chi connectivity index (χ4n) is 4.70. The molecule has 0 saturated carbocycles. The summed E-state index contributed by atoms with van der Waals surface area (Å²) in [5.41, 5.74) is 2.07. The Balaban J connectivity index is 1.22. The molecular formula is C25H28N6O2. The molecule has 33 heavy (non-hydrogen) atoms. The van der Waals surface area contributed by atoms with Crippen LogP contribution in [0.2, 0.25) is 0 Å². The maximum Gasteiger partial charge on any atom is 0.237 e. The summed E-state index contributed by atoms with van der Waals surface area (Å²) in [6, 6.07) is 17.6. The third-order valence-electron chi connectivity index (χ3n) is 6.49. The Morgan fingerprint density at radius 1 is 0.939 bits per heavy atom. The predicted octanol–water partition coefficient (Wildman–Crippen LogP) is 1.67. The van der Waals surface area contributed by atoms with E-state index in [1.807, 2.05) is 47.4 Å². The molecule has 2 fully saturated rings. The van der Waals surface area contributed by atoms with Crippen molar-refractivity contribution in [2.45, 2.75) is 19.0 Å². The van der Waals surface area contributed by atoms with E-state index in [1.165, 1.54) is 0 Å². The van der Waals surface area contributed by atoms with Crippen molar-refractivity contribution in [3.63, 3.8) is 0 Å². The van der Waals surface area contributed by atoms with Crippen molar-refractivity contribution in [3.8, 4) is 0 Å². The minimum absolute atomic E-state index is 0.0299. The highest BCUT2D eigenvalue weighted by Gasteiger charge is 2.33. The van der Waals surface area contributed by atoms with Crippen LogP contribution in [0.15, 0.2) is 60.9 Å². The van der Waals surface area contributed by atoms with Crippen molar-refractivity contribution >= 4 is 28.5 Å². The van der Waals surface area contributed by atoms with E-state index in [4.69, 9.17) is 0 Å². The minimum Gasteiger partial charge on any atom is -0.353 e. The van der Waals surface area contributed by atoms with Gasteiger partial charge in [0, 0.05) is 51.2 Å². The zero-order chi connectivity index (χ0) is 22.6. The van der Waals surface area contributed by atoms with Gasteiger partial charge in [-0.3, -0.25) is 14.5 Å². The van der Waals surface area contributed by atoms with E-state index in [1.54, 1.807) is 6.33 Å². The van der Waals surface area contributed by atoms with Gasteiger partial charge in [-0.2, -0.15) is 0 Å². The summed E-state index contributed by atoms with van der Waals surface area (Å²) in [5, 5.41) is 3.95. The molecule has 2 amide bonds. The van der Waals surface area contributed by atoms with Gasteiger partial charge in [0.2, 0.25) is 11.8 Å². The smallest absolute Gasteiger partial charge is 0.237 e. The summed E-state index contributed by atoms with van der Waals surface area (Å²) >= 11 is 0. The normalized spacial score (nSPS) is 19.5. The van der Waals surface area contributed by atoms with Gasteiger partial charge in [-0.1, -0.05) is 42.5 Å². The van der Waals surface area contributed by atoms with Crippen LogP contribution in [0.1, 0.15) is 12.0 Å². The lowest BCUT2D eigenvalue weighted by Crippen LogP contribution is -2.57. The number of anilines is 1. The molecule has 0 radical (unpaired) electrons. The van der Waals surface area contributed by atoms with Crippen molar-refractivity contribution in [2.24, 2.45) is 0 Å². The first kappa shape index (κ1) is 21.3. The second-order valence-electron chi connectivity index (χ2n) is 8.55. The molecule has 1 N–H and O–H groups in total. The molecule has 0 aliphatic carbocycles. The van der Waals surface area contributed by atoms with Crippen molar-refractivity contribution < 1.29 is 9.59 Å². The molecular weight excluding hydrogens is 416 g/mol. The summed E-state index contributed by atoms with van der Waals surface area (Å²) in [7, 11) is 0. The maximum atomic E-state index is 13.1. The molecule has 8 heteroatoms. The second-order valence-corrected chi connectivity index (χ2v) is 8.55. The average Bonchev–Trinajstić information content (AvgIpc) is 2.86. The molecule has 2 aromatic carbocycles. The number of hydrogen-bond donors (Lipinski definition) is 1. The number of benzene rings is 2. The second kappa shape index (κ2) is 9.54. The van der Waals surface area contributed by atoms with Crippen molar-refractivity contribution in [1.29, 1.82) is 0 Å². The molecule has 2 saturated heterocycles. The van der Waals surface area contributed by atoms with Gasteiger partial charge >= 0.3 is 0 Å². The molecule has 5 rings (SSSR count). The summed E-state index contributed by atoms with van der Waals surface area (Å²) in [6.07, 6.45) is 1.80. The Bertz CT molecular complexity index is 1120. The SMILES string of the molecule is O=C1NCCN(Cc2ccccc2)[C@H]1CC(=O)N1CCN(c2ncnc3ccccc23)CC1. The Labute approximate surface area is 193 Å². The van der Waals surface area contributed by atoms with Crippen LogP contribution in [-0.2, 0) is 16.1 Å². The highest BCUT2D eigenvalue weighted by atomic mass is 16.2. The Hall–Kier alpha value is -3.52.